The van der Waals surface area contributed by atoms with Gasteiger partial charge in [-0.25, -0.2) is 0 Å². The van der Waals surface area contributed by atoms with Gasteiger partial charge in [0, 0.05) is 17.8 Å². The van der Waals surface area contributed by atoms with Crippen molar-refractivity contribution >= 4 is 5.91 Å². The summed E-state index contributed by atoms with van der Waals surface area (Å²) < 4.78 is 19.0. The summed E-state index contributed by atoms with van der Waals surface area (Å²) in [7, 11) is 0. The molecule has 6 heteroatoms. The smallest absolute Gasteiger partial charge is 0.231 e. The summed E-state index contributed by atoms with van der Waals surface area (Å²) >= 11 is 0. The standard InChI is InChI=1S/C27H37NO5/c1-25(2,3)24-28-23(30)20-15-21(31-16-18-11-7-5-8-12-18)33-26(20,4)27(28,17-32-24)22(29)19-13-9-6-10-14-19/h5,7-9,11-13,19-22,24,29H,6,10,14-17H2,1-4H3/t19?,20-,21-,22+,24-,26-,27-/m0/s1. The number of carbonyl (C=O) groups excluding carboxylic acids is 1. The summed E-state index contributed by atoms with van der Waals surface area (Å²) in [5.41, 5.74) is -1.05. The lowest BCUT2D eigenvalue weighted by Crippen LogP contribution is -2.67. The Morgan fingerprint density at radius 2 is 2.03 bits per heavy atom. The topological polar surface area (TPSA) is 68.2 Å². The Kier molecular flexibility index (Phi) is 5.72. The largest absolute Gasteiger partial charge is 0.390 e. The van der Waals surface area contributed by atoms with E-state index in [0.717, 1.165) is 24.8 Å². The molecule has 0 aromatic heterocycles. The monoisotopic (exact) mass is 455 g/mol. The van der Waals surface area contributed by atoms with Gasteiger partial charge in [-0.3, -0.25) is 4.79 Å². The maximum absolute atomic E-state index is 13.9. The molecule has 3 saturated heterocycles. The number of nitrogens with zero attached hydrogens (tertiary/aromatic N) is 1. The number of fused-ring (bicyclic) bond motifs is 3. The van der Waals surface area contributed by atoms with Crippen molar-refractivity contribution in [3.63, 3.8) is 0 Å². The van der Waals surface area contributed by atoms with E-state index in [1.807, 2.05) is 42.2 Å². The van der Waals surface area contributed by atoms with Crippen LogP contribution in [0.1, 0.15) is 58.9 Å². The first-order valence-electron chi connectivity index (χ1n) is 12.3. The molecule has 3 heterocycles. The highest BCUT2D eigenvalue weighted by Gasteiger charge is 2.77. The Labute approximate surface area is 196 Å². The third-order valence-corrected chi connectivity index (χ3v) is 8.20. The summed E-state index contributed by atoms with van der Waals surface area (Å²) in [6.45, 7) is 8.93. The van der Waals surface area contributed by atoms with Crippen molar-refractivity contribution in [3.05, 3.63) is 48.0 Å². The van der Waals surface area contributed by atoms with Gasteiger partial charge in [0.2, 0.25) is 5.91 Å². The first kappa shape index (κ1) is 23.0. The highest BCUT2D eigenvalue weighted by Crippen LogP contribution is 2.60. The van der Waals surface area contributed by atoms with Crippen molar-refractivity contribution in [2.75, 3.05) is 6.61 Å². The van der Waals surface area contributed by atoms with Crippen LogP contribution in [0, 0.1) is 17.3 Å². The average molecular weight is 456 g/mol. The zero-order chi connectivity index (χ0) is 23.4. The molecule has 33 heavy (non-hydrogen) atoms. The summed E-state index contributed by atoms with van der Waals surface area (Å²) in [4.78, 5) is 15.8. The summed E-state index contributed by atoms with van der Waals surface area (Å²) in [5.74, 6) is -0.381. The first-order chi connectivity index (χ1) is 15.7. The lowest BCUT2D eigenvalue weighted by atomic mass is 9.69. The molecule has 5 rings (SSSR count). The molecule has 0 radical (unpaired) electrons. The second-order valence-electron chi connectivity index (χ2n) is 11.4. The van der Waals surface area contributed by atoms with E-state index in [2.05, 4.69) is 32.9 Å². The van der Waals surface area contributed by atoms with Gasteiger partial charge in [0.25, 0.3) is 0 Å². The highest BCUT2D eigenvalue weighted by molar-refractivity contribution is 5.86. The predicted octanol–water partition coefficient (Wildman–Crippen LogP) is 4.03. The van der Waals surface area contributed by atoms with Gasteiger partial charge in [-0.2, -0.15) is 0 Å². The predicted molar refractivity (Wildman–Crippen MR) is 124 cm³/mol. The minimum Gasteiger partial charge on any atom is -0.390 e. The Morgan fingerprint density at radius 1 is 1.27 bits per heavy atom. The Morgan fingerprint density at radius 3 is 2.70 bits per heavy atom. The van der Waals surface area contributed by atoms with Gasteiger partial charge in [0.1, 0.15) is 17.4 Å². The van der Waals surface area contributed by atoms with Gasteiger partial charge in [0.05, 0.1) is 25.2 Å². The number of amides is 1. The Balaban J connectivity index is 1.47. The van der Waals surface area contributed by atoms with Gasteiger partial charge in [-0.15, -0.1) is 0 Å². The molecule has 1 aromatic rings. The summed E-state index contributed by atoms with van der Waals surface area (Å²) in [5, 5.41) is 11.9. The zero-order valence-electron chi connectivity index (χ0n) is 20.2. The molecule has 3 aliphatic heterocycles. The van der Waals surface area contributed by atoms with Crippen molar-refractivity contribution < 1.29 is 24.1 Å². The van der Waals surface area contributed by atoms with Crippen molar-refractivity contribution in [3.8, 4) is 0 Å². The Hall–Kier alpha value is -1.73. The quantitative estimate of drug-likeness (QED) is 0.679. The molecule has 4 aliphatic rings. The van der Waals surface area contributed by atoms with E-state index in [-0.39, 0.29) is 29.8 Å². The third kappa shape index (κ3) is 3.49. The number of allylic oxidation sites excluding steroid dienone is 1. The number of rotatable bonds is 5. The summed E-state index contributed by atoms with van der Waals surface area (Å²) in [6, 6.07) is 9.98. The maximum Gasteiger partial charge on any atom is 0.231 e. The normalized spacial score (nSPS) is 39.1. The van der Waals surface area contributed by atoms with Gasteiger partial charge in [-0.05, 0) is 31.7 Å². The lowest BCUT2D eigenvalue weighted by molar-refractivity contribution is -0.216. The highest BCUT2D eigenvalue weighted by atomic mass is 16.7. The van der Waals surface area contributed by atoms with Gasteiger partial charge in [0.15, 0.2) is 6.29 Å². The number of aliphatic hydroxyl groups is 1. The third-order valence-electron chi connectivity index (χ3n) is 8.20. The van der Waals surface area contributed by atoms with Crippen molar-refractivity contribution in [2.45, 2.75) is 89.7 Å². The number of hydrogen-bond acceptors (Lipinski definition) is 5. The van der Waals surface area contributed by atoms with E-state index >= 15 is 0 Å². The van der Waals surface area contributed by atoms with E-state index in [4.69, 9.17) is 14.2 Å². The van der Waals surface area contributed by atoms with E-state index in [0.29, 0.717) is 13.0 Å². The van der Waals surface area contributed by atoms with E-state index < -0.39 is 29.8 Å². The SMILES string of the molecule is CC(C)(C)[C@@H]1OC[C@@]2([C@H](O)C3C=CCCC3)N1C(=O)[C@@H]1C[C@@H](OCc3ccccc3)O[C@@]12C. The van der Waals surface area contributed by atoms with Crippen LogP contribution in [0.3, 0.4) is 0 Å². The van der Waals surface area contributed by atoms with E-state index in [1.165, 1.54) is 0 Å². The molecule has 1 amide bonds. The maximum atomic E-state index is 13.9. The number of ether oxygens (including phenoxy) is 3. The van der Waals surface area contributed by atoms with Crippen molar-refractivity contribution in [1.29, 1.82) is 0 Å². The fraction of sp³-hybridized carbons (Fsp3) is 0.667. The molecular weight excluding hydrogens is 418 g/mol. The molecule has 180 valence electrons. The van der Waals surface area contributed by atoms with Crippen LogP contribution in [-0.4, -0.2) is 52.3 Å². The molecule has 1 unspecified atom stereocenters. The zero-order valence-corrected chi connectivity index (χ0v) is 20.2. The minimum absolute atomic E-state index is 0.0135. The van der Waals surface area contributed by atoms with E-state index in [1.54, 1.807) is 0 Å². The van der Waals surface area contributed by atoms with Crippen LogP contribution in [0.15, 0.2) is 42.5 Å². The molecular formula is C27H37NO5. The van der Waals surface area contributed by atoms with Gasteiger partial charge >= 0.3 is 0 Å². The molecule has 3 fully saturated rings. The second kappa shape index (κ2) is 8.19. The molecule has 1 N–H and O–H groups in total. The molecule has 0 bridgehead atoms. The van der Waals surface area contributed by atoms with Gasteiger partial charge < -0.3 is 24.2 Å². The van der Waals surface area contributed by atoms with Crippen molar-refractivity contribution in [1.82, 2.24) is 4.90 Å². The molecule has 7 atom stereocenters. The fourth-order valence-electron chi connectivity index (χ4n) is 6.46. The van der Waals surface area contributed by atoms with Crippen LogP contribution in [-0.2, 0) is 25.6 Å². The van der Waals surface area contributed by atoms with Crippen molar-refractivity contribution in [2.24, 2.45) is 17.3 Å². The number of benzene rings is 1. The Bertz CT molecular complexity index is 911. The minimum atomic E-state index is -0.941. The summed E-state index contributed by atoms with van der Waals surface area (Å²) in [6.07, 6.45) is 6.06. The van der Waals surface area contributed by atoms with Crippen LogP contribution < -0.4 is 0 Å². The molecule has 0 spiro atoms. The molecule has 1 aliphatic carbocycles. The molecule has 1 aromatic carbocycles. The van der Waals surface area contributed by atoms with Crippen LogP contribution >= 0.6 is 0 Å². The van der Waals surface area contributed by atoms with E-state index in [9.17, 15) is 9.90 Å². The molecule has 0 saturated carbocycles. The molecule has 6 nitrogen and oxygen atoms in total. The number of aliphatic hydroxyl groups excluding tert-OH is 1. The first-order valence-corrected chi connectivity index (χ1v) is 12.3. The van der Waals surface area contributed by atoms with Crippen LogP contribution in [0.5, 0.6) is 0 Å². The van der Waals surface area contributed by atoms with Crippen LogP contribution in [0.4, 0.5) is 0 Å². The lowest BCUT2D eigenvalue weighted by Gasteiger charge is -2.48. The van der Waals surface area contributed by atoms with Crippen LogP contribution in [0.2, 0.25) is 0 Å². The van der Waals surface area contributed by atoms with Crippen LogP contribution in [0.25, 0.3) is 0 Å². The fourth-order valence-corrected chi connectivity index (χ4v) is 6.46. The number of carbonyl (C=O) groups is 1. The average Bonchev–Trinajstić information content (AvgIpc) is 3.42. The second-order valence-corrected chi connectivity index (χ2v) is 11.4. The number of hydrogen-bond donors (Lipinski definition) is 1. The van der Waals surface area contributed by atoms with Gasteiger partial charge in [-0.1, -0.05) is 63.3 Å².